The molecule has 2 atom stereocenters. The summed E-state index contributed by atoms with van der Waals surface area (Å²) in [5.74, 6) is 0.468. The van der Waals surface area contributed by atoms with E-state index in [4.69, 9.17) is 0 Å². The van der Waals surface area contributed by atoms with Gasteiger partial charge < -0.3 is 0 Å². The van der Waals surface area contributed by atoms with Gasteiger partial charge >= 0.3 is 0 Å². The molecular formula is C9H16N2O. The van der Waals surface area contributed by atoms with Crippen LogP contribution in [0.2, 0.25) is 0 Å². The van der Waals surface area contributed by atoms with E-state index in [-0.39, 0.29) is 0 Å². The summed E-state index contributed by atoms with van der Waals surface area (Å²) in [7, 11) is 0. The first-order valence-electron chi connectivity index (χ1n) is 4.61. The lowest BCUT2D eigenvalue weighted by atomic mass is 9.95. The molecule has 3 heteroatoms. The highest BCUT2D eigenvalue weighted by Gasteiger charge is 2.28. The van der Waals surface area contributed by atoms with Gasteiger partial charge in [0, 0.05) is 12.1 Å². The van der Waals surface area contributed by atoms with Crippen LogP contribution in [0.1, 0.15) is 33.1 Å². The van der Waals surface area contributed by atoms with Gasteiger partial charge in [-0.25, -0.2) is 5.01 Å². The van der Waals surface area contributed by atoms with Gasteiger partial charge in [-0.2, -0.15) is 5.10 Å². The molecule has 0 unspecified atom stereocenters. The van der Waals surface area contributed by atoms with Crippen molar-refractivity contribution in [2.24, 2.45) is 11.0 Å². The Morgan fingerprint density at radius 3 is 2.83 bits per heavy atom. The van der Waals surface area contributed by atoms with Gasteiger partial charge in [0.1, 0.15) is 0 Å². The minimum atomic E-state index is 0.317. The van der Waals surface area contributed by atoms with Crippen molar-refractivity contribution in [1.82, 2.24) is 5.01 Å². The van der Waals surface area contributed by atoms with Crippen LogP contribution >= 0.6 is 0 Å². The first-order valence-corrected chi connectivity index (χ1v) is 4.61. The maximum absolute atomic E-state index is 10.6. The summed E-state index contributed by atoms with van der Waals surface area (Å²) in [6, 6.07) is 0.317. The molecular weight excluding hydrogens is 152 g/mol. The number of hydrogen-bond donors (Lipinski definition) is 0. The largest absolute Gasteiger partial charge is 0.277 e. The van der Waals surface area contributed by atoms with E-state index in [1.54, 1.807) is 5.01 Å². The fraction of sp³-hybridized carbons (Fsp3) is 0.778. The highest BCUT2D eigenvalue weighted by atomic mass is 16.1. The van der Waals surface area contributed by atoms with Gasteiger partial charge in [0.2, 0.25) is 6.41 Å². The van der Waals surface area contributed by atoms with E-state index in [1.165, 1.54) is 0 Å². The molecule has 0 saturated heterocycles. The molecule has 0 bridgehead atoms. The van der Waals surface area contributed by atoms with E-state index in [0.29, 0.717) is 12.0 Å². The highest BCUT2D eigenvalue weighted by Crippen LogP contribution is 2.22. The minimum absolute atomic E-state index is 0.317. The van der Waals surface area contributed by atoms with Crippen LogP contribution in [0.3, 0.4) is 0 Å². The summed E-state index contributed by atoms with van der Waals surface area (Å²) in [6.45, 7) is 4.27. The smallest absolute Gasteiger partial charge is 0.230 e. The van der Waals surface area contributed by atoms with Gasteiger partial charge in [-0.1, -0.05) is 20.3 Å². The van der Waals surface area contributed by atoms with Crippen molar-refractivity contribution >= 4 is 12.6 Å². The quantitative estimate of drug-likeness (QED) is 0.587. The highest BCUT2D eigenvalue weighted by molar-refractivity contribution is 5.67. The standard InChI is InChI=1S/C9H16N2O/c1-3-5-9-8(4-2)6-10-11(9)7-12/h6-9H,3-5H2,1-2H3/t8-,9-/m0/s1. The van der Waals surface area contributed by atoms with Crippen molar-refractivity contribution in [2.45, 2.75) is 39.2 Å². The number of hydrogen-bond acceptors (Lipinski definition) is 2. The maximum atomic E-state index is 10.6. The van der Waals surface area contributed by atoms with Gasteiger partial charge in [-0.3, -0.25) is 4.79 Å². The summed E-state index contributed by atoms with van der Waals surface area (Å²) in [5, 5.41) is 5.60. The van der Waals surface area contributed by atoms with E-state index >= 15 is 0 Å². The molecule has 68 valence electrons. The van der Waals surface area contributed by atoms with Crippen LogP contribution in [0.25, 0.3) is 0 Å². The molecule has 0 aromatic carbocycles. The predicted molar refractivity (Wildman–Crippen MR) is 48.9 cm³/mol. The number of nitrogens with zero attached hydrogens (tertiary/aromatic N) is 2. The molecule has 1 heterocycles. The predicted octanol–water partition coefficient (Wildman–Crippen LogP) is 1.64. The number of rotatable bonds is 4. The van der Waals surface area contributed by atoms with Crippen LogP contribution in [0.5, 0.6) is 0 Å². The third-order valence-corrected chi connectivity index (χ3v) is 2.39. The zero-order chi connectivity index (χ0) is 8.97. The molecule has 0 spiro atoms. The van der Waals surface area contributed by atoms with Gasteiger partial charge in [0.15, 0.2) is 0 Å². The van der Waals surface area contributed by atoms with Crippen LogP contribution < -0.4 is 0 Å². The summed E-state index contributed by atoms with van der Waals surface area (Å²) in [5.41, 5.74) is 0. The third-order valence-electron chi connectivity index (χ3n) is 2.39. The van der Waals surface area contributed by atoms with Crippen LogP contribution in [-0.4, -0.2) is 23.7 Å². The van der Waals surface area contributed by atoms with E-state index in [9.17, 15) is 4.79 Å². The molecule has 1 amide bonds. The van der Waals surface area contributed by atoms with Crippen LogP contribution in [0.15, 0.2) is 5.10 Å². The van der Waals surface area contributed by atoms with Gasteiger partial charge in [-0.05, 0) is 12.8 Å². The normalized spacial score (nSPS) is 28.0. The zero-order valence-corrected chi connectivity index (χ0v) is 7.73. The van der Waals surface area contributed by atoms with Crippen LogP contribution in [-0.2, 0) is 4.79 Å². The van der Waals surface area contributed by atoms with Crippen molar-refractivity contribution in [3.8, 4) is 0 Å². The number of carbonyl (C=O) groups is 1. The molecule has 0 aromatic heterocycles. The van der Waals surface area contributed by atoms with Gasteiger partial charge in [0.25, 0.3) is 0 Å². The Bertz CT molecular complexity index is 179. The lowest BCUT2D eigenvalue weighted by molar-refractivity contribution is -0.120. The van der Waals surface area contributed by atoms with E-state index in [1.807, 2.05) is 6.21 Å². The second kappa shape index (κ2) is 4.24. The van der Waals surface area contributed by atoms with E-state index < -0.39 is 0 Å². The Hall–Kier alpha value is -0.860. The molecule has 0 radical (unpaired) electrons. The van der Waals surface area contributed by atoms with Crippen LogP contribution in [0, 0.1) is 5.92 Å². The molecule has 0 fully saturated rings. The molecule has 0 N–H and O–H groups in total. The molecule has 1 aliphatic rings. The molecule has 12 heavy (non-hydrogen) atoms. The molecule has 0 aliphatic carbocycles. The number of carbonyl (C=O) groups excluding carboxylic acids is 1. The molecule has 0 saturated carbocycles. The molecule has 0 aromatic rings. The van der Waals surface area contributed by atoms with Gasteiger partial charge in [0.05, 0.1) is 6.04 Å². The lowest BCUT2D eigenvalue weighted by Gasteiger charge is -2.21. The fourth-order valence-corrected chi connectivity index (χ4v) is 1.67. The Morgan fingerprint density at radius 2 is 2.33 bits per heavy atom. The van der Waals surface area contributed by atoms with Crippen molar-refractivity contribution < 1.29 is 4.79 Å². The first kappa shape index (κ1) is 9.23. The molecule has 1 rings (SSSR count). The van der Waals surface area contributed by atoms with Crippen LogP contribution in [0.4, 0.5) is 0 Å². The summed E-state index contributed by atoms with van der Waals surface area (Å²) >= 11 is 0. The average Bonchev–Trinajstić information content (AvgIpc) is 2.48. The average molecular weight is 168 g/mol. The zero-order valence-electron chi connectivity index (χ0n) is 7.73. The summed E-state index contributed by atoms with van der Waals surface area (Å²) in [6.07, 6.45) is 5.95. The first-order chi connectivity index (χ1) is 5.83. The van der Waals surface area contributed by atoms with E-state index in [2.05, 4.69) is 18.9 Å². The Labute approximate surface area is 73.4 Å². The van der Waals surface area contributed by atoms with Crippen molar-refractivity contribution in [3.63, 3.8) is 0 Å². The second-order valence-electron chi connectivity index (χ2n) is 3.18. The Balaban J connectivity index is 2.57. The SMILES string of the molecule is CCC[C@H]1[C@@H](CC)C=NN1C=O. The number of hydrazone groups is 1. The third kappa shape index (κ3) is 1.65. The second-order valence-corrected chi connectivity index (χ2v) is 3.18. The summed E-state index contributed by atoms with van der Waals surface area (Å²) in [4.78, 5) is 10.6. The van der Waals surface area contributed by atoms with E-state index in [0.717, 1.165) is 25.7 Å². The Kier molecular flexibility index (Phi) is 3.26. The fourth-order valence-electron chi connectivity index (χ4n) is 1.67. The van der Waals surface area contributed by atoms with Crippen molar-refractivity contribution in [1.29, 1.82) is 0 Å². The van der Waals surface area contributed by atoms with Gasteiger partial charge in [-0.15, -0.1) is 0 Å². The molecule has 1 aliphatic heterocycles. The van der Waals surface area contributed by atoms with Crippen molar-refractivity contribution in [3.05, 3.63) is 0 Å². The Morgan fingerprint density at radius 1 is 1.58 bits per heavy atom. The monoisotopic (exact) mass is 168 g/mol. The molecule has 3 nitrogen and oxygen atoms in total. The number of amides is 1. The summed E-state index contributed by atoms with van der Waals surface area (Å²) < 4.78 is 0. The maximum Gasteiger partial charge on any atom is 0.230 e. The topological polar surface area (TPSA) is 32.7 Å². The minimum Gasteiger partial charge on any atom is -0.277 e. The lowest BCUT2D eigenvalue weighted by Crippen LogP contribution is -2.30. The van der Waals surface area contributed by atoms with Crippen molar-refractivity contribution in [2.75, 3.05) is 0 Å².